The zero-order valence-corrected chi connectivity index (χ0v) is 19.5. The Morgan fingerprint density at radius 1 is 1.00 bits per heavy atom. The number of carbonyl (C=O) groups is 3. The first kappa shape index (κ1) is 23.4. The molecule has 0 bridgehead atoms. The third-order valence-corrected chi connectivity index (χ3v) is 7.44. The second-order valence-corrected chi connectivity index (χ2v) is 9.76. The van der Waals surface area contributed by atoms with E-state index >= 15 is 0 Å². The average Bonchev–Trinajstić information content (AvgIpc) is 3.57. The van der Waals surface area contributed by atoms with Gasteiger partial charge in [-0.1, -0.05) is 48.5 Å². The highest BCUT2D eigenvalue weighted by Gasteiger charge is 2.46. The van der Waals surface area contributed by atoms with Gasteiger partial charge < -0.3 is 25.2 Å². The van der Waals surface area contributed by atoms with Gasteiger partial charge in [-0.15, -0.1) is 0 Å². The SMILES string of the molecule is O=C(O)CC1(NC(=O)[C@H]2C[C@H]2CNC(=O)OCC2c3ccccc3-c3ccccc32)CCOCC1. The highest BCUT2D eigenvalue weighted by atomic mass is 16.5. The molecular formula is C27H30N2O6. The summed E-state index contributed by atoms with van der Waals surface area (Å²) in [5, 5.41) is 15.1. The van der Waals surface area contributed by atoms with Crippen molar-refractivity contribution in [2.45, 2.75) is 37.1 Å². The van der Waals surface area contributed by atoms with E-state index in [1.54, 1.807) is 0 Å². The molecule has 5 rings (SSSR count). The number of benzene rings is 2. The molecule has 8 nitrogen and oxygen atoms in total. The molecule has 184 valence electrons. The van der Waals surface area contributed by atoms with Gasteiger partial charge in [0.15, 0.2) is 0 Å². The molecule has 3 N–H and O–H groups in total. The second-order valence-electron chi connectivity index (χ2n) is 9.76. The number of ether oxygens (including phenoxy) is 2. The summed E-state index contributed by atoms with van der Waals surface area (Å²) in [7, 11) is 0. The van der Waals surface area contributed by atoms with E-state index in [1.165, 1.54) is 11.1 Å². The number of carboxylic acid groups (broad SMARTS) is 1. The van der Waals surface area contributed by atoms with E-state index in [0.717, 1.165) is 11.1 Å². The van der Waals surface area contributed by atoms with Crippen LogP contribution >= 0.6 is 0 Å². The molecule has 2 aromatic rings. The van der Waals surface area contributed by atoms with Gasteiger partial charge in [-0.05, 0) is 47.4 Å². The fourth-order valence-corrected chi connectivity index (χ4v) is 5.41. The van der Waals surface area contributed by atoms with E-state index in [-0.39, 0.29) is 36.7 Å². The number of carbonyl (C=O) groups excluding carboxylic acids is 2. The molecule has 2 fully saturated rings. The fourth-order valence-electron chi connectivity index (χ4n) is 5.41. The van der Waals surface area contributed by atoms with Crippen LogP contribution in [0.1, 0.15) is 42.7 Å². The van der Waals surface area contributed by atoms with Crippen LogP contribution in [0, 0.1) is 11.8 Å². The monoisotopic (exact) mass is 478 g/mol. The van der Waals surface area contributed by atoms with Gasteiger partial charge >= 0.3 is 12.1 Å². The predicted molar refractivity (Wildman–Crippen MR) is 128 cm³/mol. The first-order valence-corrected chi connectivity index (χ1v) is 12.2. The molecule has 3 aliphatic rings. The lowest BCUT2D eigenvalue weighted by Gasteiger charge is -2.37. The van der Waals surface area contributed by atoms with Crippen molar-refractivity contribution in [1.82, 2.24) is 10.6 Å². The van der Waals surface area contributed by atoms with Crippen molar-refractivity contribution in [3.63, 3.8) is 0 Å². The lowest BCUT2D eigenvalue weighted by molar-refractivity contribution is -0.140. The molecule has 0 spiro atoms. The molecule has 1 saturated heterocycles. The van der Waals surface area contributed by atoms with Gasteiger partial charge in [-0.25, -0.2) is 4.79 Å². The number of rotatable bonds is 8. The Morgan fingerprint density at radius 2 is 1.63 bits per heavy atom. The maximum atomic E-state index is 12.8. The van der Waals surface area contributed by atoms with Crippen LogP contribution in [-0.4, -0.2) is 55.0 Å². The Kier molecular flexibility index (Phi) is 6.47. The average molecular weight is 479 g/mol. The van der Waals surface area contributed by atoms with Crippen molar-refractivity contribution in [1.29, 1.82) is 0 Å². The number of carboxylic acids is 1. The fraction of sp³-hybridized carbons (Fsp3) is 0.444. The number of nitrogens with one attached hydrogen (secondary N) is 2. The summed E-state index contributed by atoms with van der Waals surface area (Å²) in [4.78, 5) is 36.5. The highest BCUT2D eigenvalue weighted by molar-refractivity contribution is 5.83. The van der Waals surface area contributed by atoms with E-state index in [0.29, 0.717) is 39.0 Å². The Balaban J connectivity index is 1.10. The summed E-state index contributed by atoms with van der Waals surface area (Å²) in [6, 6.07) is 16.3. The van der Waals surface area contributed by atoms with E-state index < -0.39 is 17.6 Å². The van der Waals surface area contributed by atoms with Crippen LogP contribution in [0.3, 0.4) is 0 Å². The molecule has 2 atom stereocenters. The van der Waals surface area contributed by atoms with E-state index in [9.17, 15) is 19.5 Å². The van der Waals surface area contributed by atoms with Gasteiger partial charge in [0.25, 0.3) is 0 Å². The van der Waals surface area contributed by atoms with Crippen LogP contribution in [-0.2, 0) is 19.1 Å². The number of amides is 2. The van der Waals surface area contributed by atoms with Gasteiger partial charge in [-0.3, -0.25) is 9.59 Å². The van der Waals surface area contributed by atoms with Crippen molar-refractivity contribution < 1.29 is 29.0 Å². The Morgan fingerprint density at radius 3 is 2.26 bits per heavy atom. The van der Waals surface area contributed by atoms with Gasteiger partial charge in [0.05, 0.1) is 12.0 Å². The summed E-state index contributed by atoms with van der Waals surface area (Å²) in [6.45, 7) is 1.47. The first-order valence-electron chi connectivity index (χ1n) is 12.2. The van der Waals surface area contributed by atoms with E-state index in [4.69, 9.17) is 9.47 Å². The molecule has 1 aliphatic heterocycles. The van der Waals surface area contributed by atoms with Crippen LogP contribution in [0.2, 0.25) is 0 Å². The van der Waals surface area contributed by atoms with E-state index in [1.807, 2.05) is 24.3 Å². The number of hydrogen-bond donors (Lipinski definition) is 3. The molecule has 0 aromatic heterocycles. The van der Waals surface area contributed by atoms with Gasteiger partial charge in [0.2, 0.25) is 5.91 Å². The molecule has 1 heterocycles. The normalized spacial score (nSPS) is 21.9. The zero-order chi connectivity index (χ0) is 24.4. The molecule has 0 radical (unpaired) electrons. The minimum atomic E-state index is -0.934. The third kappa shape index (κ3) is 5.03. The summed E-state index contributed by atoms with van der Waals surface area (Å²) in [5.74, 6) is -1.28. The minimum absolute atomic E-state index is 0.00232. The topological polar surface area (TPSA) is 114 Å². The summed E-state index contributed by atoms with van der Waals surface area (Å²) >= 11 is 0. The molecule has 2 amide bonds. The minimum Gasteiger partial charge on any atom is -0.481 e. The lowest BCUT2D eigenvalue weighted by Crippen LogP contribution is -2.53. The molecule has 35 heavy (non-hydrogen) atoms. The standard InChI is InChI=1S/C27H30N2O6/c30-24(31)14-27(9-11-34-12-10-27)29-25(32)22-13-17(22)15-28-26(33)35-16-23-20-7-3-1-5-18(20)19-6-2-4-8-21(19)23/h1-8,17,22-23H,9-16H2,(H,28,33)(H,29,32)(H,30,31)/t17-,22-/m0/s1. The quantitative estimate of drug-likeness (QED) is 0.537. The Labute approximate surface area is 204 Å². The number of alkyl carbamates (subject to hydrolysis) is 1. The highest BCUT2D eigenvalue weighted by Crippen LogP contribution is 2.44. The summed E-state index contributed by atoms with van der Waals surface area (Å²) in [6.07, 6.45) is 1.03. The summed E-state index contributed by atoms with van der Waals surface area (Å²) < 4.78 is 10.9. The van der Waals surface area contributed by atoms with Crippen molar-refractivity contribution in [2.75, 3.05) is 26.4 Å². The number of fused-ring (bicyclic) bond motifs is 3. The number of aliphatic carboxylic acids is 1. The molecule has 1 saturated carbocycles. The maximum absolute atomic E-state index is 12.8. The molecule has 8 heteroatoms. The van der Waals surface area contributed by atoms with Crippen molar-refractivity contribution in [2.24, 2.45) is 11.8 Å². The van der Waals surface area contributed by atoms with Crippen LogP contribution in [0.15, 0.2) is 48.5 Å². The van der Waals surface area contributed by atoms with Crippen LogP contribution < -0.4 is 10.6 Å². The second kappa shape index (κ2) is 9.70. The lowest BCUT2D eigenvalue weighted by atomic mass is 9.86. The van der Waals surface area contributed by atoms with Crippen LogP contribution in [0.5, 0.6) is 0 Å². The largest absolute Gasteiger partial charge is 0.481 e. The molecular weight excluding hydrogens is 448 g/mol. The molecule has 0 unspecified atom stereocenters. The van der Waals surface area contributed by atoms with Gasteiger partial charge in [0, 0.05) is 31.6 Å². The number of hydrogen-bond acceptors (Lipinski definition) is 5. The van der Waals surface area contributed by atoms with Crippen molar-refractivity contribution in [3.8, 4) is 11.1 Å². The Hall–Kier alpha value is -3.39. The van der Waals surface area contributed by atoms with E-state index in [2.05, 4.69) is 34.9 Å². The van der Waals surface area contributed by atoms with Crippen LogP contribution in [0.4, 0.5) is 4.79 Å². The van der Waals surface area contributed by atoms with Gasteiger partial charge in [0.1, 0.15) is 6.61 Å². The first-order chi connectivity index (χ1) is 17.0. The molecule has 2 aliphatic carbocycles. The van der Waals surface area contributed by atoms with Crippen molar-refractivity contribution in [3.05, 3.63) is 59.7 Å². The maximum Gasteiger partial charge on any atom is 0.407 e. The summed E-state index contributed by atoms with van der Waals surface area (Å²) in [5.41, 5.74) is 3.91. The van der Waals surface area contributed by atoms with Crippen LogP contribution in [0.25, 0.3) is 11.1 Å². The zero-order valence-electron chi connectivity index (χ0n) is 19.5. The smallest absolute Gasteiger partial charge is 0.407 e. The molecule has 2 aromatic carbocycles. The van der Waals surface area contributed by atoms with Gasteiger partial charge in [-0.2, -0.15) is 0 Å². The predicted octanol–water partition coefficient (Wildman–Crippen LogP) is 3.30. The Bertz CT molecular complexity index is 1080. The van der Waals surface area contributed by atoms with Crippen molar-refractivity contribution >= 4 is 18.0 Å². The third-order valence-electron chi connectivity index (χ3n) is 7.44.